The number of carboxylic acids is 1. The Morgan fingerprint density at radius 2 is 1.22 bits per heavy atom. The van der Waals surface area contributed by atoms with E-state index in [1.165, 1.54) is 4.90 Å². The Hall–Kier alpha value is -3.14. The van der Waals surface area contributed by atoms with Gasteiger partial charge < -0.3 is 20.4 Å². The number of nitrogens with zero attached hydrogens (tertiary/aromatic N) is 1. The molecule has 10 heteroatoms. The van der Waals surface area contributed by atoms with Gasteiger partial charge in [0.1, 0.15) is 5.78 Å². The lowest BCUT2D eigenvalue weighted by Crippen LogP contribution is -2.33. The molecule has 224 valence electrons. The largest absolute Gasteiger partial charge is 0.481 e. The van der Waals surface area contributed by atoms with Gasteiger partial charge in [0.15, 0.2) is 0 Å². The maximum absolute atomic E-state index is 12.4. The fourth-order valence-electron chi connectivity index (χ4n) is 7.30. The second kappa shape index (κ2) is 13.7. The third kappa shape index (κ3) is 6.85. The molecule has 0 spiro atoms. The Labute approximate surface area is 240 Å². The molecule has 4 unspecified atom stereocenters. The Kier molecular flexibility index (Phi) is 10.3. The van der Waals surface area contributed by atoms with Crippen molar-refractivity contribution in [2.75, 3.05) is 13.1 Å². The van der Waals surface area contributed by atoms with E-state index in [2.05, 4.69) is 16.9 Å². The SMILES string of the molecule is CC(=O)CCCCCN1C(=O)[C@@H]2C3C=CC(C3)[C@@H]2C1=O.NCCCCCC(=O)O.O=C1OC(=O)[C@H]2C3C=CC(C3)[C@@H]12. The van der Waals surface area contributed by atoms with E-state index in [0.29, 0.717) is 31.3 Å². The molecule has 0 radical (unpaired) electrons. The predicted molar refractivity (Wildman–Crippen MR) is 148 cm³/mol. The highest BCUT2D eigenvalue weighted by atomic mass is 16.6. The summed E-state index contributed by atoms with van der Waals surface area (Å²) in [7, 11) is 0. The molecule has 4 fully saturated rings. The van der Waals surface area contributed by atoms with Crippen LogP contribution in [-0.4, -0.2) is 58.6 Å². The molecule has 2 amide bonds. The second-order valence-corrected chi connectivity index (χ2v) is 12.1. The van der Waals surface area contributed by atoms with Crippen LogP contribution in [0, 0.1) is 47.3 Å². The van der Waals surface area contributed by atoms with Crippen LogP contribution < -0.4 is 5.73 Å². The Morgan fingerprint density at radius 3 is 1.68 bits per heavy atom. The van der Waals surface area contributed by atoms with Crippen LogP contribution in [0.5, 0.6) is 0 Å². The van der Waals surface area contributed by atoms with Crippen molar-refractivity contribution in [3.05, 3.63) is 24.3 Å². The standard InChI is InChI=1S/C16H21NO3.C9H8O3.C6H13NO2/c1-10(18)5-3-2-4-8-17-15(19)13-11-6-7-12(9-11)14(13)16(17)20;10-8-6-4-1-2-5(3-4)7(6)9(11)12-8;7-5-3-1-2-4-6(8)9/h6-7,11-14H,2-5,8-9H2,1H3;1-2,4-7H,3H2;1-5,7H2,(H,8,9)/t11?,12?,13-,14+;4?,5?,6-,7+;. The van der Waals surface area contributed by atoms with Crippen LogP contribution in [0.4, 0.5) is 0 Å². The van der Waals surface area contributed by atoms with Gasteiger partial charge in [-0.2, -0.15) is 0 Å². The number of hydrogen-bond donors (Lipinski definition) is 2. The topological polar surface area (TPSA) is 161 Å². The maximum atomic E-state index is 12.4. The molecular formula is C31H42N2O8. The van der Waals surface area contributed by atoms with E-state index in [-0.39, 0.29) is 71.5 Å². The van der Waals surface area contributed by atoms with Crippen molar-refractivity contribution in [3.8, 4) is 0 Å². The summed E-state index contributed by atoms with van der Waals surface area (Å²) < 4.78 is 4.59. The number of unbranched alkanes of at least 4 members (excludes halogenated alkanes) is 4. The van der Waals surface area contributed by atoms with Crippen molar-refractivity contribution in [3.63, 3.8) is 0 Å². The number of cyclic esters (lactones) is 2. The first kappa shape index (κ1) is 30.8. The third-order valence-corrected chi connectivity index (χ3v) is 9.27. The van der Waals surface area contributed by atoms with E-state index in [1.54, 1.807) is 6.92 Å². The normalized spacial score (nSPS) is 32.9. The van der Waals surface area contributed by atoms with Gasteiger partial charge in [0.2, 0.25) is 11.8 Å². The van der Waals surface area contributed by atoms with Crippen molar-refractivity contribution < 1.29 is 38.6 Å². The number of amides is 2. The molecule has 4 aliphatic carbocycles. The van der Waals surface area contributed by atoms with Crippen LogP contribution in [0.25, 0.3) is 0 Å². The number of aliphatic carboxylic acids is 1. The number of esters is 2. The number of allylic oxidation sites excluding steroid dienone is 4. The lowest BCUT2D eigenvalue weighted by molar-refractivity contribution is -0.155. The average molecular weight is 571 g/mol. The fraction of sp³-hybridized carbons (Fsp3) is 0.677. The van der Waals surface area contributed by atoms with E-state index >= 15 is 0 Å². The van der Waals surface area contributed by atoms with Gasteiger partial charge in [0.25, 0.3) is 0 Å². The molecule has 2 saturated heterocycles. The number of carbonyl (C=O) groups excluding carboxylic acids is 5. The second-order valence-electron chi connectivity index (χ2n) is 12.1. The van der Waals surface area contributed by atoms with Crippen LogP contribution in [0.1, 0.15) is 71.1 Å². The number of imide groups is 1. The molecular weight excluding hydrogens is 528 g/mol. The number of Topliss-reactive ketones (excluding diaryl/α,β-unsaturated/α-hetero) is 1. The average Bonchev–Trinajstić information content (AvgIpc) is 3.77. The molecule has 6 aliphatic rings. The van der Waals surface area contributed by atoms with Gasteiger partial charge in [-0.15, -0.1) is 0 Å². The zero-order valence-electron chi connectivity index (χ0n) is 23.7. The molecule has 8 atom stereocenters. The van der Waals surface area contributed by atoms with Crippen molar-refractivity contribution in [1.82, 2.24) is 4.90 Å². The van der Waals surface area contributed by atoms with Crippen LogP contribution >= 0.6 is 0 Å². The van der Waals surface area contributed by atoms with Gasteiger partial charge in [-0.1, -0.05) is 37.1 Å². The lowest BCUT2D eigenvalue weighted by atomic mass is 9.85. The minimum atomic E-state index is -0.716. The molecule has 6 rings (SSSR count). The van der Waals surface area contributed by atoms with E-state index in [4.69, 9.17) is 10.8 Å². The smallest absolute Gasteiger partial charge is 0.318 e. The quantitative estimate of drug-likeness (QED) is 0.125. The number of rotatable bonds is 11. The zero-order chi connectivity index (χ0) is 29.7. The minimum absolute atomic E-state index is 0.0448. The van der Waals surface area contributed by atoms with Crippen molar-refractivity contribution in [1.29, 1.82) is 0 Å². The van der Waals surface area contributed by atoms with Crippen LogP contribution in [0.3, 0.4) is 0 Å². The summed E-state index contributed by atoms with van der Waals surface area (Å²) in [4.78, 5) is 69.4. The molecule has 41 heavy (non-hydrogen) atoms. The Bertz CT molecular complexity index is 1060. The van der Waals surface area contributed by atoms with Crippen LogP contribution in [0.2, 0.25) is 0 Å². The van der Waals surface area contributed by atoms with Gasteiger partial charge in [0.05, 0.1) is 23.7 Å². The van der Waals surface area contributed by atoms with Gasteiger partial charge >= 0.3 is 17.9 Å². The van der Waals surface area contributed by atoms with Crippen molar-refractivity contribution in [2.24, 2.45) is 53.1 Å². The number of fused-ring (bicyclic) bond motifs is 10. The molecule has 3 N–H and O–H groups in total. The molecule has 2 heterocycles. The lowest BCUT2D eigenvalue weighted by Gasteiger charge is -2.16. The molecule has 0 aromatic carbocycles. The van der Waals surface area contributed by atoms with Crippen LogP contribution in [-0.2, 0) is 33.5 Å². The monoisotopic (exact) mass is 570 g/mol. The minimum Gasteiger partial charge on any atom is -0.481 e. The molecule has 0 aromatic rings. The summed E-state index contributed by atoms with van der Waals surface area (Å²) in [6, 6.07) is 0. The van der Waals surface area contributed by atoms with Gasteiger partial charge in [0, 0.05) is 19.4 Å². The summed E-state index contributed by atoms with van der Waals surface area (Å²) in [6.07, 6.45) is 16.4. The molecule has 0 aromatic heterocycles. The summed E-state index contributed by atoms with van der Waals surface area (Å²) in [5.74, 6) is -0.325. The first-order chi connectivity index (χ1) is 19.6. The summed E-state index contributed by atoms with van der Waals surface area (Å²) >= 11 is 0. The van der Waals surface area contributed by atoms with Crippen molar-refractivity contribution >= 4 is 35.5 Å². The maximum Gasteiger partial charge on any atom is 0.318 e. The number of carbonyl (C=O) groups is 6. The molecule has 2 aliphatic heterocycles. The van der Waals surface area contributed by atoms with E-state index in [0.717, 1.165) is 51.4 Å². The fourth-order valence-corrected chi connectivity index (χ4v) is 7.30. The number of ether oxygens (including phenoxy) is 1. The highest BCUT2D eigenvalue weighted by Crippen LogP contribution is 2.53. The van der Waals surface area contributed by atoms with Crippen LogP contribution in [0.15, 0.2) is 24.3 Å². The number of ketones is 1. The van der Waals surface area contributed by atoms with E-state index in [1.807, 2.05) is 12.2 Å². The summed E-state index contributed by atoms with van der Waals surface area (Å²) in [6.45, 7) is 2.79. The molecule has 10 nitrogen and oxygen atoms in total. The van der Waals surface area contributed by atoms with Gasteiger partial charge in [-0.25, -0.2) is 0 Å². The van der Waals surface area contributed by atoms with Crippen molar-refractivity contribution in [2.45, 2.75) is 71.1 Å². The van der Waals surface area contributed by atoms with E-state index in [9.17, 15) is 28.8 Å². The summed E-state index contributed by atoms with van der Waals surface area (Å²) in [5, 5.41) is 8.18. The Morgan fingerprint density at radius 1 is 0.756 bits per heavy atom. The third-order valence-electron chi connectivity index (χ3n) is 9.27. The zero-order valence-corrected chi connectivity index (χ0v) is 23.7. The highest BCUT2D eigenvalue weighted by molar-refractivity contribution is 6.06. The highest BCUT2D eigenvalue weighted by Gasteiger charge is 2.59. The number of hydrogen-bond acceptors (Lipinski definition) is 8. The first-order valence-corrected chi connectivity index (χ1v) is 15.0. The number of nitrogens with two attached hydrogens (primary N) is 1. The molecule has 2 saturated carbocycles. The number of carboxylic acid groups (broad SMARTS) is 1. The Balaban J connectivity index is 0.000000157. The van der Waals surface area contributed by atoms with Gasteiger partial charge in [-0.05, 0) is 75.7 Å². The van der Waals surface area contributed by atoms with E-state index < -0.39 is 5.97 Å². The summed E-state index contributed by atoms with van der Waals surface area (Å²) in [5.41, 5.74) is 5.20. The number of likely N-dealkylation sites (tertiary alicyclic amines) is 1. The molecule has 4 bridgehead atoms. The van der Waals surface area contributed by atoms with Gasteiger partial charge in [-0.3, -0.25) is 28.9 Å². The predicted octanol–water partition coefficient (Wildman–Crippen LogP) is 3.04. The first-order valence-electron chi connectivity index (χ1n) is 15.0.